The van der Waals surface area contributed by atoms with Crippen LogP contribution < -0.4 is 9.80 Å². The molecule has 1 fully saturated rings. The number of nitro groups is 1. The smallest absolute Gasteiger partial charge is 0.282 e. The van der Waals surface area contributed by atoms with Gasteiger partial charge in [-0.1, -0.05) is 6.07 Å². The van der Waals surface area contributed by atoms with Crippen molar-refractivity contribution in [3.05, 3.63) is 69.9 Å². The second kappa shape index (κ2) is 9.03. The lowest BCUT2D eigenvalue weighted by Crippen LogP contribution is -2.40. The van der Waals surface area contributed by atoms with E-state index in [9.17, 15) is 24.8 Å². The van der Waals surface area contributed by atoms with Crippen LogP contribution in [0.2, 0.25) is 0 Å². The second-order valence-electron chi connectivity index (χ2n) is 8.52. The van der Waals surface area contributed by atoms with E-state index in [4.69, 9.17) is 0 Å². The van der Waals surface area contributed by atoms with Gasteiger partial charge in [0.2, 0.25) is 0 Å². The van der Waals surface area contributed by atoms with E-state index in [1.54, 1.807) is 18.2 Å². The summed E-state index contributed by atoms with van der Waals surface area (Å²) in [5.74, 6) is -0.882. The van der Waals surface area contributed by atoms with Gasteiger partial charge in [-0.2, -0.15) is 0 Å². The van der Waals surface area contributed by atoms with E-state index in [0.717, 1.165) is 18.5 Å². The average molecular weight is 450 g/mol. The molecule has 33 heavy (non-hydrogen) atoms. The van der Waals surface area contributed by atoms with Crippen molar-refractivity contribution in [1.29, 1.82) is 0 Å². The van der Waals surface area contributed by atoms with E-state index in [0.29, 0.717) is 24.3 Å². The van der Waals surface area contributed by atoms with Crippen molar-refractivity contribution < 1.29 is 19.6 Å². The molecule has 0 saturated carbocycles. The summed E-state index contributed by atoms with van der Waals surface area (Å²) in [6.07, 6.45) is 1.64. The van der Waals surface area contributed by atoms with Crippen molar-refractivity contribution in [3.8, 4) is 0 Å². The first-order chi connectivity index (χ1) is 15.8. The largest absolute Gasteiger partial charge is 0.396 e. The second-order valence-corrected chi connectivity index (χ2v) is 8.52. The van der Waals surface area contributed by atoms with Gasteiger partial charge in [0.05, 0.1) is 16.2 Å². The Balaban J connectivity index is 1.81. The lowest BCUT2D eigenvalue weighted by atomic mass is 9.97. The molecule has 0 aromatic heterocycles. The fraction of sp³-hybridized carbons (Fsp3) is 0.333. The SMILES string of the molecule is CN(C)c1cccc(N2C(=O)C(c3ccc([N+](=O)[O-])cc3)=C(N3CCCC(CO)C3)C2=O)c1. The first-order valence-electron chi connectivity index (χ1n) is 10.8. The Hall–Kier alpha value is -3.72. The number of rotatable bonds is 6. The third-order valence-corrected chi connectivity index (χ3v) is 6.12. The van der Waals surface area contributed by atoms with Crippen LogP contribution in [0.1, 0.15) is 18.4 Å². The van der Waals surface area contributed by atoms with Gasteiger partial charge in [-0.15, -0.1) is 0 Å². The molecule has 172 valence electrons. The number of non-ortho nitro benzene ring substituents is 1. The van der Waals surface area contributed by atoms with Gasteiger partial charge in [0, 0.05) is 51.6 Å². The van der Waals surface area contributed by atoms with Gasteiger partial charge in [-0.3, -0.25) is 19.7 Å². The molecule has 0 radical (unpaired) electrons. The third-order valence-electron chi connectivity index (χ3n) is 6.12. The summed E-state index contributed by atoms with van der Waals surface area (Å²) in [4.78, 5) is 42.8. The van der Waals surface area contributed by atoms with E-state index in [2.05, 4.69) is 0 Å². The van der Waals surface area contributed by atoms with Gasteiger partial charge >= 0.3 is 0 Å². The fourth-order valence-corrected chi connectivity index (χ4v) is 4.38. The van der Waals surface area contributed by atoms with E-state index in [1.165, 1.54) is 29.2 Å². The number of nitro benzene ring substituents is 1. The predicted octanol–water partition coefficient (Wildman–Crippen LogP) is 2.65. The maximum Gasteiger partial charge on any atom is 0.282 e. The number of carbonyl (C=O) groups excluding carboxylic acids is 2. The van der Waals surface area contributed by atoms with Gasteiger partial charge in [0.1, 0.15) is 5.70 Å². The van der Waals surface area contributed by atoms with E-state index >= 15 is 0 Å². The molecule has 9 nitrogen and oxygen atoms in total. The summed E-state index contributed by atoms with van der Waals surface area (Å²) < 4.78 is 0. The van der Waals surface area contributed by atoms with Gasteiger partial charge in [-0.05, 0) is 54.7 Å². The Morgan fingerprint density at radius 2 is 1.85 bits per heavy atom. The standard InChI is InChI=1S/C24H26N4O5/c1-25(2)19-6-3-7-20(13-19)27-23(30)21(17-8-10-18(11-9-17)28(32)33)22(24(27)31)26-12-4-5-16(14-26)15-29/h3,6-11,13,16,29H,4-5,12,14-15H2,1-2H3. The van der Waals surface area contributed by atoms with Crippen LogP contribution in [0.4, 0.5) is 17.1 Å². The number of anilines is 2. The zero-order valence-electron chi connectivity index (χ0n) is 18.6. The van der Waals surface area contributed by atoms with Crippen LogP contribution in [0, 0.1) is 16.0 Å². The maximum atomic E-state index is 13.7. The molecule has 0 aliphatic carbocycles. The highest BCUT2D eigenvalue weighted by Gasteiger charge is 2.43. The minimum atomic E-state index is -0.504. The van der Waals surface area contributed by atoms with Crippen molar-refractivity contribution >= 4 is 34.4 Å². The van der Waals surface area contributed by atoms with E-state index in [1.807, 2.05) is 30.0 Å². The number of aliphatic hydroxyl groups is 1. The molecular formula is C24H26N4O5. The summed E-state index contributed by atoms with van der Waals surface area (Å²) in [5, 5.41) is 20.8. The van der Waals surface area contributed by atoms with Gasteiger partial charge in [0.15, 0.2) is 0 Å². The van der Waals surface area contributed by atoms with Crippen LogP contribution in [-0.2, 0) is 9.59 Å². The molecule has 0 spiro atoms. The Bertz CT molecular complexity index is 1130. The van der Waals surface area contributed by atoms with Crippen molar-refractivity contribution in [2.24, 2.45) is 5.92 Å². The number of hydrogen-bond acceptors (Lipinski definition) is 7. The van der Waals surface area contributed by atoms with Crippen LogP contribution in [0.5, 0.6) is 0 Å². The number of benzene rings is 2. The Labute approximate surface area is 191 Å². The number of aliphatic hydroxyl groups excluding tert-OH is 1. The van der Waals surface area contributed by atoms with Crippen molar-refractivity contribution in [3.63, 3.8) is 0 Å². The third kappa shape index (κ3) is 4.19. The number of likely N-dealkylation sites (tertiary alicyclic amines) is 1. The molecule has 1 unspecified atom stereocenters. The van der Waals surface area contributed by atoms with Crippen LogP contribution in [0.3, 0.4) is 0 Å². The minimum Gasteiger partial charge on any atom is -0.396 e. The van der Waals surface area contributed by atoms with E-state index < -0.39 is 16.7 Å². The lowest BCUT2D eigenvalue weighted by molar-refractivity contribution is -0.384. The number of hydrogen-bond donors (Lipinski definition) is 1. The Morgan fingerprint density at radius 3 is 2.48 bits per heavy atom. The molecule has 4 rings (SSSR count). The van der Waals surface area contributed by atoms with Crippen molar-refractivity contribution in [2.45, 2.75) is 12.8 Å². The molecule has 1 atom stereocenters. The average Bonchev–Trinajstić information content (AvgIpc) is 3.09. The minimum absolute atomic E-state index is 0.00732. The van der Waals surface area contributed by atoms with Crippen LogP contribution in [-0.4, -0.2) is 60.5 Å². The summed E-state index contributed by atoms with van der Waals surface area (Å²) in [6.45, 7) is 1.06. The normalized spacial score (nSPS) is 18.8. The highest BCUT2D eigenvalue weighted by Crippen LogP contribution is 2.37. The molecule has 2 aromatic carbocycles. The Kier molecular flexibility index (Phi) is 6.15. The molecule has 0 bridgehead atoms. The lowest BCUT2D eigenvalue weighted by Gasteiger charge is -2.34. The molecular weight excluding hydrogens is 424 g/mol. The molecule has 2 amide bonds. The molecule has 2 aliphatic rings. The number of imide groups is 1. The quantitative estimate of drug-likeness (QED) is 0.410. The van der Waals surface area contributed by atoms with Crippen molar-refractivity contribution in [1.82, 2.24) is 4.90 Å². The molecule has 1 saturated heterocycles. The fourth-order valence-electron chi connectivity index (χ4n) is 4.38. The molecule has 1 N–H and O–H groups in total. The topological polar surface area (TPSA) is 107 Å². The molecule has 2 aromatic rings. The first kappa shape index (κ1) is 22.5. The van der Waals surface area contributed by atoms with Crippen LogP contribution in [0.25, 0.3) is 5.57 Å². The molecule has 2 aliphatic heterocycles. The first-order valence-corrected chi connectivity index (χ1v) is 10.8. The summed E-state index contributed by atoms with van der Waals surface area (Å²) in [7, 11) is 3.75. The highest BCUT2D eigenvalue weighted by molar-refractivity contribution is 6.45. The van der Waals surface area contributed by atoms with Crippen LogP contribution >= 0.6 is 0 Å². The maximum absolute atomic E-state index is 13.7. The van der Waals surface area contributed by atoms with E-state index in [-0.39, 0.29) is 29.5 Å². The zero-order valence-corrected chi connectivity index (χ0v) is 18.6. The summed E-state index contributed by atoms with van der Waals surface area (Å²) in [6, 6.07) is 12.8. The number of piperidine rings is 1. The van der Waals surface area contributed by atoms with Crippen molar-refractivity contribution in [2.75, 3.05) is 43.6 Å². The summed E-state index contributed by atoms with van der Waals surface area (Å²) in [5.41, 5.74) is 2.17. The van der Waals surface area contributed by atoms with Crippen LogP contribution in [0.15, 0.2) is 54.2 Å². The summed E-state index contributed by atoms with van der Waals surface area (Å²) >= 11 is 0. The molecule has 9 heteroatoms. The predicted molar refractivity (Wildman–Crippen MR) is 125 cm³/mol. The number of carbonyl (C=O) groups is 2. The monoisotopic (exact) mass is 450 g/mol. The van der Waals surface area contributed by atoms with Gasteiger partial charge in [-0.25, -0.2) is 4.90 Å². The molecule has 2 heterocycles. The van der Waals surface area contributed by atoms with Gasteiger partial charge < -0.3 is 14.9 Å². The Morgan fingerprint density at radius 1 is 1.12 bits per heavy atom. The number of amides is 2. The zero-order chi connectivity index (χ0) is 23.7. The highest BCUT2D eigenvalue weighted by atomic mass is 16.6. The van der Waals surface area contributed by atoms with Gasteiger partial charge in [0.25, 0.3) is 17.5 Å². The number of nitrogens with zero attached hydrogens (tertiary/aromatic N) is 4.